The van der Waals surface area contributed by atoms with Crippen LogP contribution in [0.5, 0.6) is 0 Å². The van der Waals surface area contributed by atoms with Crippen LogP contribution in [0.2, 0.25) is 0 Å². The Labute approximate surface area is 249 Å². The Bertz CT molecular complexity index is 1120. The van der Waals surface area contributed by atoms with Gasteiger partial charge in [-0.2, -0.15) is 0 Å². The van der Waals surface area contributed by atoms with E-state index in [1.807, 2.05) is 68.3 Å². The van der Waals surface area contributed by atoms with Gasteiger partial charge in [-0.3, -0.25) is 4.79 Å². The second kappa shape index (κ2) is 17.7. The van der Waals surface area contributed by atoms with E-state index in [0.29, 0.717) is 101 Å². The molecule has 0 N–H and O–H groups in total. The van der Waals surface area contributed by atoms with Crippen LogP contribution in [0.1, 0.15) is 20.7 Å². The minimum Gasteiger partial charge on any atom is -0.465 e. The van der Waals surface area contributed by atoms with E-state index < -0.39 is 5.97 Å². The molecule has 1 saturated heterocycles. The van der Waals surface area contributed by atoms with E-state index in [9.17, 15) is 9.59 Å². The summed E-state index contributed by atoms with van der Waals surface area (Å²) in [7, 11) is 9.00. The van der Waals surface area contributed by atoms with Crippen LogP contribution >= 0.6 is 0 Å². The highest BCUT2D eigenvalue weighted by Gasteiger charge is 2.24. The molecule has 0 aliphatic carbocycles. The molecule has 1 fully saturated rings. The quantitative estimate of drug-likeness (QED) is 0.486. The van der Waals surface area contributed by atoms with Crippen LogP contribution in [0.15, 0.2) is 36.4 Å². The van der Waals surface area contributed by atoms with E-state index >= 15 is 0 Å². The predicted octanol–water partition coefficient (Wildman–Crippen LogP) is 2.81. The van der Waals surface area contributed by atoms with Gasteiger partial charge in [-0.05, 0) is 35.4 Å². The van der Waals surface area contributed by atoms with Crippen molar-refractivity contribution in [1.82, 2.24) is 4.90 Å². The summed E-state index contributed by atoms with van der Waals surface area (Å²) in [4.78, 5) is 32.7. The molecule has 0 unspecified atom stereocenters. The van der Waals surface area contributed by atoms with Crippen molar-refractivity contribution in [3.8, 4) is 11.1 Å². The molecule has 0 aromatic heterocycles. The third-order valence-corrected chi connectivity index (χ3v) is 6.75. The maximum absolute atomic E-state index is 14.2. The predicted molar refractivity (Wildman–Crippen MR) is 162 cm³/mol. The maximum Gasteiger partial charge on any atom is 0.338 e. The fourth-order valence-corrected chi connectivity index (χ4v) is 4.36. The number of carbonyl (C=O) groups is 2. The molecule has 0 atom stereocenters. The number of benzene rings is 2. The van der Waals surface area contributed by atoms with Gasteiger partial charge in [0.25, 0.3) is 5.91 Å². The molecule has 42 heavy (non-hydrogen) atoms. The van der Waals surface area contributed by atoms with Crippen molar-refractivity contribution in [1.29, 1.82) is 0 Å². The Kier molecular flexibility index (Phi) is 14.0. The highest BCUT2D eigenvalue weighted by molar-refractivity contribution is 6.06. The number of rotatable bonds is 5. The number of anilines is 2. The van der Waals surface area contributed by atoms with Gasteiger partial charge in [0.2, 0.25) is 0 Å². The van der Waals surface area contributed by atoms with Crippen LogP contribution in [0.25, 0.3) is 11.1 Å². The van der Waals surface area contributed by atoms with Crippen molar-refractivity contribution in [2.75, 3.05) is 124 Å². The number of hydrogen-bond donors (Lipinski definition) is 0. The first-order valence-electron chi connectivity index (χ1n) is 14.2. The topological polar surface area (TPSA) is 99.2 Å². The highest BCUT2D eigenvalue weighted by Crippen LogP contribution is 2.33. The van der Waals surface area contributed by atoms with Gasteiger partial charge in [-0.25, -0.2) is 4.79 Å². The van der Waals surface area contributed by atoms with Gasteiger partial charge in [-0.1, -0.05) is 12.1 Å². The van der Waals surface area contributed by atoms with Gasteiger partial charge >= 0.3 is 5.97 Å². The number of hydrogen-bond acceptors (Lipinski definition) is 10. The Morgan fingerprint density at radius 1 is 0.619 bits per heavy atom. The Morgan fingerprint density at radius 3 is 1.40 bits per heavy atom. The molecular formula is C31H45N3O8. The number of amides is 1. The molecule has 232 valence electrons. The monoisotopic (exact) mass is 587 g/mol. The molecule has 3 rings (SSSR count). The fourth-order valence-electron chi connectivity index (χ4n) is 4.36. The van der Waals surface area contributed by atoms with Gasteiger partial charge < -0.3 is 43.1 Å². The Hall–Kier alpha value is -3.22. The van der Waals surface area contributed by atoms with Crippen LogP contribution in [0.4, 0.5) is 11.4 Å². The first kappa shape index (κ1) is 33.3. The number of carbonyl (C=O) groups excluding carboxylic acids is 2. The largest absolute Gasteiger partial charge is 0.465 e. The van der Waals surface area contributed by atoms with Gasteiger partial charge in [0.15, 0.2) is 0 Å². The molecule has 0 bridgehead atoms. The molecule has 1 aliphatic rings. The molecule has 1 aliphatic heterocycles. The smallest absolute Gasteiger partial charge is 0.338 e. The summed E-state index contributed by atoms with van der Waals surface area (Å²) in [6, 6.07) is 11.2. The normalized spacial score (nSPS) is 16.6. The minimum absolute atomic E-state index is 0.188. The van der Waals surface area contributed by atoms with E-state index in [-0.39, 0.29) is 5.91 Å². The summed E-state index contributed by atoms with van der Waals surface area (Å²) in [6.45, 7) is 5.01. The molecule has 2 aromatic carbocycles. The van der Waals surface area contributed by atoms with Gasteiger partial charge in [0.1, 0.15) is 0 Å². The second-order valence-electron chi connectivity index (χ2n) is 10.1. The molecule has 0 spiro atoms. The van der Waals surface area contributed by atoms with Crippen LogP contribution < -0.4 is 9.80 Å². The van der Waals surface area contributed by atoms with Crippen molar-refractivity contribution in [3.05, 3.63) is 47.5 Å². The number of ether oxygens (including phenoxy) is 6. The lowest BCUT2D eigenvalue weighted by atomic mass is 9.93. The van der Waals surface area contributed by atoms with Crippen molar-refractivity contribution < 1.29 is 38.0 Å². The zero-order valence-electron chi connectivity index (χ0n) is 25.6. The molecule has 1 amide bonds. The van der Waals surface area contributed by atoms with Crippen LogP contribution in [-0.2, 0) is 28.4 Å². The standard InChI is InChI=1S/C31H45N3O8/c1-32(2)24-6-8-26(27-9-7-25(33(3)4)23-29(27)31(36)37-5)28(22-24)30(35)34-10-12-38-14-16-40-18-20-42-21-19-41-17-15-39-13-11-34/h6-9,22-23H,10-21H2,1-5H3. The molecule has 0 radical (unpaired) electrons. The zero-order valence-corrected chi connectivity index (χ0v) is 25.6. The SMILES string of the molecule is COC(=O)c1cc(N(C)C)ccc1-c1ccc(N(C)C)cc1C(=O)N1CCOCCOCCOCCOCCOCC1. The van der Waals surface area contributed by atoms with Crippen LogP contribution in [0, 0.1) is 0 Å². The van der Waals surface area contributed by atoms with E-state index in [0.717, 1.165) is 11.4 Å². The average Bonchev–Trinajstić information content (AvgIpc) is 2.99. The zero-order chi connectivity index (χ0) is 30.3. The van der Waals surface area contributed by atoms with Gasteiger partial charge in [0, 0.05) is 58.2 Å². The van der Waals surface area contributed by atoms with Crippen molar-refractivity contribution in [2.24, 2.45) is 0 Å². The molecular weight excluding hydrogens is 542 g/mol. The average molecular weight is 588 g/mol. The third-order valence-electron chi connectivity index (χ3n) is 6.75. The lowest BCUT2D eigenvalue weighted by Crippen LogP contribution is -2.37. The molecule has 11 heteroatoms. The molecule has 1 heterocycles. The summed E-state index contributed by atoms with van der Waals surface area (Å²) < 4.78 is 33.2. The first-order valence-corrected chi connectivity index (χ1v) is 14.2. The van der Waals surface area contributed by atoms with Gasteiger partial charge in [0.05, 0.1) is 78.7 Å². The minimum atomic E-state index is -0.474. The highest BCUT2D eigenvalue weighted by atomic mass is 16.6. The van der Waals surface area contributed by atoms with Crippen LogP contribution in [-0.4, -0.2) is 131 Å². The Morgan fingerprint density at radius 2 is 1.00 bits per heavy atom. The Balaban J connectivity index is 1.93. The van der Waals surface area contributed by atoms with Crippen molar-refractivity contribution >= 4 is 23.3 Å². The molecule has 2 aromatic rings. The van der Waals surface area contributed by atoms with Crippen molar-refractivity contribution in [2.45, 2.75) is 0 Å². The fraction of sp³-hybridized carbons (Fsp3) is 0.548. The van der Waals surface area contributed by atoms with Crippen LogP contribution in [0.3, 0.4) is 0 Å². The summed E-state index contributed by atoms with van der Waals surface area (Å²) >= 11 is 0. The number of esters is 1. The summed E-state index contributed by atoms with van der Waals surface area (Å²) in [5.41, 5.74) is 3.82. The summed E-state index contributed by atoms with van der Waals surface area (Å²) in [5.74, 6) is -0.662. The van der Waals surface area contributed by atoms with E-state index in [4.69, 9.17) is 28.4 Å². The van der Waals surface area contributed by atoms with E-state index in [1.165, 1.54) is 7.11 Å². The van der Waals surface area contributed by atoms with Crippen molar-refractivity contribution in [3.63, 3.8) is 0 Å². The van der Waals surface area contributed by atoms with Gasteiger partial charge in [-0.15, -0.1) is 0 Å². The number of nitrogens with zero attached hydrogens (tertiary/aromatic N) is 3. The molecule has 11 nitrogen and oxygen atoms in total. The first-order chi connectivity index (χ1) is 20.3. The maximum atomic E-state index is 14.2. The summed E-state index contributed by atoms with van der Waals surface area (Å²) in [5, 5.41) is 0. The van der Waals surface area contributed by atoms with E-state index in [2.05, 4.69) is 0 Å². The lowest BCUT2D eigenvalue weighted by Gasteiger charge is -2.26. The number of methoxy groups -OCH3 is 1. The summed E-state index contributed by atoms with van der Waals surface area (Å²) in [6.07, 6.45) is 0. The van der Waals surface area contributed by atoms with E-state index in [1.54, 1.807) is 11.0 Å². The third kappa shape index (κ3) is 9.95. The molecule has 0 saturated carbocycles. The second-order valence-corrected chi connectivity index (χ2v) is 10.1. The lowest BCUT2D eigenvalue weighted by molar-refractivity contribution is -0.0176.